The molecule has 0 saturated carbocycles. The predicted octanol–water partition coefficient (Wildman–Crippen LogP) is 4.83. The fourth-order valence-corrected chi connectivity index (χ4v) is 3.96. The number of halogens is 1. The molecule has 0 atom stereocenters. The highest BCUT2D eigenvalue weighted by Crippen LogP contribution is 2.36. The first-order valence-electron chi connectivity index (χ1n) is 6.93. The molecule has 0 aliphatic carbocycles. The molecule has 2 aromatic carbocycles. The van der Waals surface area contributed by atoms with E-state index >= 15 is 0 Å². The number of nitrogen functional groups attached to an aromatic ring is 1. The molecule has 0 radical (unpaired) electrons. The Morgan fingerprint density at radius 3 is 2.48 bits per heavy atom. The van der Waals surface area contributed by atoms with Crippen LogP contribution in [0.1, 0.15) is 5.56 Å². The molecule has 6 heteroatoms. The summed E-state index contributed by atoms with van der Waals surface area (Å²) in [6.07, 6.45) is 0. The molecule has 1 heterocycles. The number of rotatable bonds is 5. The second-order valence-electron chi connectivity index (χ2n) is 4.84. The minimum Gasteiger partial charge on any atom is -0.497 e. The Kier molecular flexibility index (Phi) is 4.83. The lowest BCUT2D eigenvalue weighted by Gasteiger charge is -2.01. The molecule has 0 aliphatic rings. The van der Waals surface area contributed by atoms with Gasteiger partial charge in [0.2, 0.25) is 0 Å². The van der Waals surface area contributed by atoms with Gasteiger partial charge >= 0.3 is 0 Å². The van der Waals surface area contributed by atoms with Gasteiger partial charge < -0.3 is 10.5 Å². The number of thiazole rings is 1. The molecule has 23 heavy (non-hydrogen) atoms. The zero-order valence-corrected chi connectivity index (χ0v) is 14.1. The van der Waals surface area contributed by atoms with Crippen molar-refractivity contribution in [3.8, 4) is 17.0 Å². The van der Waals surface area contributed by atoms with Crippen molar-refractivity contribution in [1.82, 2.24) is 4.98 Å². The van der Waals surface area contributed by atoms with Crippen molar-refractivity contribution >= 4 is 28.1 Å². The third-order valence-electron chi connectivity index (χ3n) is 3.27. The van der Waals surface area contributed by atoms with Crippen molar-refractivity contribution in [2.75, 3.05) is 12.8 Å². The first-order valence-corrected chi connectivity index (χ1v) is 8.74. The Morgan fingerprint density at radius 1 is 1.13 bits per heavy atom. The predicted molar refractivity (Wildman–Crippen MR) is 94.5 cm³/mol. The third-order valence-corrected chi connectivity index (χ3v) is 5.37. The van der Waals surface area contributed by atoms with Crippen LogP contribution in [0, 0.1) is 5.82 Å². The monoisotopic (exact) mass is 346 g/mol. The van der Waals surface area contributed by atoms with E-state index in [1.807, 2.05) is 24.3 Å². The minimum absolute atomic E-state index is 0.223. The average Bonchev–Trinajstić information content (AvgIpc) is 2.95. The van der Waals surface area contributed by atoms with Crippen LogP contribution in [0.2, 0.25) is 0 Å². The molecule has 0 bridgehead atoms. The van der Waals surface area contributed by atoms with Crippen LogP contribution in [0.15, 0.2) is 52.9 Å². The van der Waals surface area contributed by atoms with Crippen LogP contribution in [0.25, 0.3) is 11.3 Å². The van der Waals surface area contributed by atoms with E-state index in [0.717, 1.165) is 32.7 Å². The number of anilines is 1. The molecule has 3 rings (SSSR count). The third kappa shape index (κ3) is 3.83. The van der Waals surface area contributed by atoms with E-state index in [1.54, 1.807) is 31.0 Å². The highest BCUT2D eigenvalue weighted by Gasteiger charge is 2.11. The number of methoxy groups -OCH3 is 1. The van der Waals surface area contributed by atoms with E-state index in [4.69, 9.17) is 10.5 Å². The molecule has 0 spiro atoms. The van der Waals surface area contributed by atoms with Crippen LogP contribution in [0.5, 0.6) is 5.75 Å². The van der Waals surface area contributed by atoms with Gasteiger partial charge in [0, 0.05) is 11.3 Å². The van der Waals surface area contributed by atoms with Crippen molar-refractivity contribution in [1.29, 1.82) is 0 Å². The summed E-state index contributed by atoms with van der Waals surface area (Å²) in [5, 5.41) is 0.691. The summed E-state index contributed by atoms with van der Waals surface area (Å²) in [6.45, 7) is 0. The maximum atomic E-state index is 12.9. The number of thioether (sulfide) groups is 1. The standard InChI is InChI=1S/C17H15FN2OS2/c1-21-14-8-4-12(5-9-14)15-16(19)23-17(20-15)22-10-11-2-6-13(18)7-3-11/h2-9H,10,19H2,1H3. The van der Waals surface area contributed by atoms with E-state index in [-0.39, 0.29) is 5.82 Å². The number of nitrogens with zero attached hydrogens (tertiary/aromatic N) is 1. The summed E-state index contributed by atoms with van der Waals surface area (Å²) < 4.78 is 19.0. The van der Waals surface area contributed by atoms with E-state index in [2.05, 4.69) is 4.98 Å². The number of benzene rings is 2. The van der Waals surface area contributed by atoms with Gasteiger partial charge in [-0.25, -0.2) is 9.37 Å². The van der Waals surface area contributed by atoms with Gasteiger partial charge in [-0.1, -0.05) is 35.2 Å². The molecule has 3 nitrogen and oxygen atoms in total. The van der Waals surface area contributed by atoms with E-state index in [9.17, 15) is 4.39 Å². The lowest BCUT2D eigenvalue weighted by molar-refractivity contribution is 0.415. The van der Waals surface area contributed by atoms with Crippen molar-refractivity contribution in [3.05, 3.63) is 59.9 Å². The van der Waals surface area contributed by atoms with Crippen molar-refractivity contribution in [3.63, 3.8) is 0 Å². The van der Waals surface area contributed by atoms with Gasteiger partial charge in [-0.15, -0.1) is 0 Å². The molecule has 0 saturated heterocycles. The summed E-state index contributed by atoms with van der Waals surface area (Å²) in [5.41, 5.74) is 8.90. The molecular formula is C17H15FN2OS2. The number of aromatic nitrogens is 1. The molecule has 2 N–H and O–H groups in total. The van der Waals surface area contributed by atoms with Crippen LogP contribution < -0.4 is 10.5 Å². The van der Waals surface area contributed by atoms with Crippen LogP contribution in [0.3, 0.4) is 0 Å². The van der Waals surface area contributed by atoms with Gasteiger partial charge in [0.25, 0.3) is 0 Å². The van der Waals surface area contributed by atoms with Crippen LogP contribution in [-0.4, -0.2) is 12.1 Å². The maximum Gasteiger partial charge on any atom is 0.152 e. The second-order valence-corrected chi connectivity index (χ2v) is 7.09. The van der Waals surface area contributed by atoms with Crippen LogP contribution >= 0.6 is 23.1 Å². The highest BCUT2D eigenvalue weighted by atomic mass is 32.2. The maximum absolute atomic E-state index is 12.9. The zero-order chi connectivity index (χ0) is 16.2. The molecule has 0 fully saturated rings. The van der Waals surface area contributed by atoms with Crippen molar-refractivity contribution < 1.29 is 9.13 Å². The quantitative estimate of drug-likeness (QED) is 0.672. The van der Waals surface area contributed by atoms with E-state index in [1.165, 1.54) is 23.5 Å². The topological polar surface area (TPSA) is 48.1 Å². The van der Waals surface area contributed by atoms with Crippen LogP contribution in [0.4, 0.5) is 9.39 Å². The Hall–Kier alpha value is -2.05. The number of ether oxygens (including phenoxy) is 1. The lowest BCUT2D eigenvalue weighted by atomic mass is 10.1. The first-order chi connectivity index (χ1) is 11.2. The molecule has 0 aliphatic heterocycles. The number of hydrogen-bond donors (Lipinski definition) is 1. The van der Waals surface area contributed by atoms with Gasteiger partial charge in [0.1, 0.15) is 22.3 Å². The van der Waals surface area contributed by atoms with Gasteiger partial charge in [0.05, 0.1) is 7.11 Å². The lowest BCUT2D eigenvalue weighted by Crippen LogP contribution is -1.87. The number of nitrogens with two attached hydrogens (primary N) is 1. The molecule has 0 amide bonds. The smallest absolute Gasteiger partial charge is 0.152 e. The Balaban J connectivity index is 1.73. The van der Waals surface area contributed by atoms with Gasteiger partial charge in [0.15, 0.2) is 4.34 Å². The van der Waals surface area contributed by atoms with E-state index < -0.39 is 0 Å². The summed E-state index contributed by atoms with van der Waals surface area (Å²) in [7, 11) is 1.64. The second kappa shape index (κ2) is 7.02. The molecule has 3 aromatic rings. The summed E-state index contributed by atoms with van der Waals surface area (Å²) in [5.74, 6) is 1.31. The van der Waals surface area contributed by atoms with Crippen molar-refractivity contribution in [2.24, 2.45) is 0 Å². The fourth-order valence-electron chi connectivity index (χ4n) is 2.05. The Labute approximate surface area is 142 Å². The Bertz CT molecular complexity index is 785. The summed E-state index contributed by atoms with van der Waals surface area (Å²) in [4.78, 5) is 4.61. The SMILES string of the molecule is COc1ccc(-c2nc(SCc3ccc(F)cc3)sc2N)cc1. The van der Waals surface area contributed by atoms with Crippen molar-refractivity contribution in [2.45, 2.75) is 10.1 Å². The van der Waals surface area contributed by atoms with E-state index in [0.29, 0.717) is 5.00 Å². The highest BCUT2D eigenvalue weighted by molar-refractivity contribution is 8.00. The normalized spacial score (nSPS) is 10.7. The minimum atomic E-state index is -0.223. The molecular weight excluding hydrogens is 331 g/mol. The zero-order valence-electron chi connectivity index (χ0n) is 12.5. The summed E-state index contributed by atoms with van der Waals surface area (Å²) >= 11 is 3.06. The average molecular weight is 346 g/mol. The van der Waals surface area contributed by atoms with Gasteiger partial charge in [-0.05, 0) is 42.0 Å². The van der Waals surface area contributed by atoms with Gasteiger partial charge in [-0.2, -0.15) is 0 Å². The molecule has 1 aromatic heterocycles. The molecule has 118 valence electrons. The molecule has 0 unspecified atom stereocenters. The number of hydrogen-bond acceptors (Lipinski definition) is 5. The fraction of sp³-hybridized carbons (Fsp3) is 0.118. The summed E-state index contributed by atoms with van der Waals surface area (Å²) in [6, 6.07) is 14.2. The Morgan fingerprint density at radius 2 is 1.83 bits per heavy atom. The largest absolute Gasteiger partial charge is 0.497 e. The van der Waals surface area contributed by atoms with Gasteiger partial charge in [-0.3, -0.25) is 0 Å². The first kappa shape index (κ1) is 15.8. The van der Waals surface area contributed by atoms with Crippen LogP contribution in [-0.2, 0) is 5.75 Å².